The van der Waals surface area contributed by atoms with E-state index in [-0.39, 0.29) is 0 Å². The van der Waals surface area contributed by atoms with Crippen LogP contribution in [0.2, 0.25) is 0 Å². The van der Waals surface area contributed by atoms with Crippen LogP contribution in [0.5, 0.6) is 5.88 Å². The number of para-hydroxylation sites is 1. The summed E-state index contributed by atoms with van der Waals surface area (Å²) >= 11 is 1.54. The quantitative estimate of drug-likeness (QED) is 0.556. The summed E-state index contributed by atoms with van der Waals surface area (Å²) in [6.45, 7) is 0. The van der Waals surface area contributed by atoms with Crippen LogP contribution in [0.15, 0.2) is 41.8 Å². The molecule has 0 aliphatic carbocycles. The maximum atomic E-state index is 9.68. The van der Waals surface area contributed by atoms with E-state index in [0.717, 1.165) is 15.7 Å². The normalized spacial score (nSPS) is 11.1. The number of hydrogen-bond donors (Lipinski definition) is 1. The van der Waals surface area contributed by atoms with Gasteiger partial charge in [0.25, 0.3) is 4.83 Å². The molecular formula is C11H8NOS+. The molecule has 0 saturated carbocycles. The van der Waals surface area contributed by atoms with Crippen LogP contribution >= 0.6 is 11.3 Å². The van der Waals surface area contributed by atoms with Crippen LogP contribution in [0.25, 0.3) is 15.7 Å². The predicted molar refractivity (Wildman–Crippen MR) is 56.6 cm³/mol. The number of nitrogens with zero attached hydrogens (tertiary/aromatic N) is 1. The number of fused-ring (bicyclic) bond motifs is 3. The molecule has 2 aromatic heterocycles. The molecule has 0 aliphatic rings. The molecule has 0 unspecified atom stereocenters. The van der Waals surface area contributed by atoms with Crippen molar-refractivity contribution < 1.29 is 9.51 Å². The molecular weight excluding hydrogens is 194 g/mol. The fourth-order valence-corrected chi connectivity index (χ4v) is 2.46. The van der Waals surface area contributed by atoms with Crippen LogP contribution in [-0.4, -0.2) is 5.11 Å². The Balaban J connectivity index is 2.65. The zero-order valence-corrected chi connectivity index (χ0v) is 8.16. The molecule has 0 atom stereocenters. The smallest absolute Gasteiger partial charge is 0.383 e. The number of aromatic hydroxyl groups is 1. The van der Waals surface area contributed by atoms with Gasteiger partial charge in [0, 0.05) is 17.5 Å². The van der Waals surface area contributed by atoms with Crippen LogP contribution in [0.4, 0.5) is 0 Å². The summed E-state index contributed by atoms with van der Waals surface area (Å²) in [4.78, 5) is 1.06. The number of rotatable bonds is 0. The van der Waals surface area contributed by atoms with Gasteiger partial charge in [0.2, 0.25) is 5.52 Å². The fraction of sp³-hybridized carbons (Fsp3) is 0. The largest absolute Gasteiger partial charge is 0.459 e. The van der Waals surface area contributed by atoms with Gasteiger partial charge in [-0.1, -0.05) is 23.5 Å². The van der Waals surface area contributed by atoms with Crippen LogP contribution in [0.1, 0.15) is 0 Å². The Morgan fingerprint density at radius 1 is 1.07 bits per heavy atom. The van der Waals surface area contributed by atoms with Gasteiger partial charge in [-0.15, -0.1) is 4.40 Å². The predicted octanol–water partition coefficient (Wildman–Crippen LogP) is 2.35. The topological polar surface area (TPSA) is 24.3 Å². The van der Waals surface area contributed by atoms with E-state index < -0.39 is 0 Å². The summed E-state index contributed by atoms with van der Waals surface area (Å²) in [5.74, 6) is 0.307. The minimum atomic E-state index is 0.307. The summed E-state index contributed by atoms with van der Waals surface area (Å²) in [6, 6.07) is 12.1. The minimum Gasteiger partial charge on any atom is -0.459 e. The lowest BCUT2D eigenvalue weighted by atomic mass is 10.2. The van der Waals surface area contributed by atoms with Gasteiger partial charge in [0.15, 0.2) is 0 Å². The van der Waals surface area contributed by atoms with Gasteiger partial charge in [0.1, 0.15) is 5.38 Å². The van der Waals surface area contributed by atoms with E-state index in [4.69, 9.17) is 0 Å². The molecule has 14 heavy (non-hydrogen) atoms. The van der Waals surface area contributed by atoms with E-state index in [1.807, 2.05) is 34.7 Å². The van der Waals surface area contributed by atoms with Crippen molar-refractivity contribution in [3.8, 4) is 5.88 Å². The summed E-state index contributed by atoms with van der Waals surface area (Å²) in [6.07, 6.45) is 0. The number of pyridine rings is 1. The van der Waals surface area contributed by atoms with Gasteiger partial charge >= 0.3 is 5.88 Å². The number of hydrogen-bond acceptors (Lipinski definition) is 2. The second kappa shape index (κ2) is 2.69. The second-order valence-electron chi connectivity index (χ2n) is 3.16. The van der Waals surface area contributed by atoms with E-state index in [2.05, 4.69) is 6.07 Å². The Labute approximate surface area is 84.7 Å². The van der Waals surface area contributed by atoms with E-state index >= 15 is 0 Å². The lowest BCUT2D eigenvalue weighted by Crippen LogP contribution is -2.19. The van der Waals surface area contributed by atoms with Crippen molar-refractivity contribution in [2.24, 2.45) is 0 Å². The van der Waals surface area contributed by atoms with E-state index in [1.165, 1.54) is 0 Å². The van der Waals surface area contributed by atoms with Crippen LogP contribution < -0.4 is 4.40 Å². The molecule has 0 saturated heterocycles. The first-order valence-corrected chi connectivity index (χ1v) is 5.24. The zero-order chi connectivity index (χ0) is 9.54. The summed E-state index contributed by atoms with van der Waals surface area (Å²) in [7, 11) is 0. The Kier molecular flexibility index (Phi) is 1.49. The van der Waals surface area contributed by atoms with Gasteiger partial charge in [0.05, 0.1) is 0 Å². The first-order valence-electron chi connectivity index (χ1n) is 4.36. The zero-order valence-electron chi connectivity index (χ0n) is 7.34. The molecule has 0 bridgehead atoms. The monoisotopic (exact) mass is 202 g/mol. The molecule has 1 aromatic carbocycles. The van der Waals surface area contributed by atoms with Gasteiger partial charge in [-0.25, -0.2) is 0 Å². The molecule has 0 spiro atoms. The molecule has 3 rings (SSSR count). The van der Waals surface area contributed by atoms with Crippen molar-refractivity contribution >= 4 is 27.1 Å². The average molecular weight is 202 g/mol. The molecule has 1 N–H and O–H groups in total. The second-order valence-corrected chi connectivity index (χ2v) is 4.05. The Morgan fingerprint density at radius 2 is 1.93 bits per heavy atom. The lowest BCUT2D eigenvalue weighted by molar-refractivity contribution is -0.488. The summed E-state index contributed by atoms with van der Waals surface area (Å²) in [5, 5.41) is 12.6. The molecule has 0 radical (unpaired) electrons. The first kappa shape index (κ1) is 7.76. The maximum Gasteiger partial charge on any atom is 0.383 e. The van der Waals surface area contributed by atoms with Crippen molar-refractivity contribution in [1.29, 1.82) is 0 Å². The molecule has 0 fully saturated rings. The van der Waals surface area contributed by atoms with Gasteiger partial charge in [-0.2, -0.15) is 0 Å². The van der Waals surface area contributed by atoms with Crippen molar-refractivity contribution in [1.82, 2.24) is 0 Å². The van der Waals surface area contributed by atoms with Gasteiger partial charge < -0.3 is 5.11 Å². The fourth-order valence-electron chi connectivity index (χ4n) is 1.68. The maximum absolute atomic E-state index is 9.68. The van der Waals surface area contributed by atoms with Gasteiger partial charge in [-0.3, -0.25) is 0 Å². The van der Waals surface area contributed by atoms with E-state index in [1.54, 1.807) is 16.7 Å². The lowest BCUT2D eigenvalue weighted by Gasteiger charge is -1.92. The highest BCUT2D eigenvalue weighted by Crippen LogP contribution is 2.19. The first-order chi connectivity index (χ1) is 6.86. The van der Waals surface area contributed by atoms with Crippen LogP contribution in [-0.2, 0) is 0 Å². The van der Waals surface area contributed by atoms with E-state index in [0.29, 0.717) is 5.88 Å². The standard InChI is InChI=1S/C11H7NOS/c13-10-7-14-11-6-5-8-3-1-2-4-9(8)12(10)11/h1-7H/p+1. The molecule has 2 heterocycles. The number of thiazole rings is 1. The highest BCUT2D eigenvalue weighted by molar-refractivity contribution is 7.15. The Bertz CT molecular complexity index is 615. The Hall–Kier alpha value is -1.61. The molecule has 0 aliphatic heterocycles. The molecule has 3 heteroatoms. The van der Waals surface area contributed by atoms with Crippen molar-refractivity contribution in [2.45, 2.75) is 0 Å². The van der Waals surface area contributed by atoms with Gasteiger partial charge in [-0.05, 0) is 12.1 Å². The Morgan fingerprint density at radius 3 is 2.86 bits per heavy atom. The highest BCUT2D eigenvalue weighted by Gasteiger charge is 2.15. The average Bonchev–Trinajstić information content (AvgIpc) is 2.61. The summed E-state index contributed by atoms with van der Waals surface area (Å²) in [5.41, 5.74) is 1.05. The third kappa shape index (κ3) is 0.930. The molecule has 68 valence electrons. The summed E-state index contributed by atoms with van der Waals surface area (Å²) < 4.78 is 1.86. The highest BCUT2D eigenvalue weighted by atomic mass is 32.1. The molecule has 3 aromatic rings. The minimum absolute atomic E-state index is 0.307. The van der Waals surface area contributed by atoms with E-state index in [9.17, 15) is 5.11 Å². The molecule has 2 nitrogen and oxygen atoms in total. The van der Waals surface area contributed by atoms with Crippen LogP contribution in [0.3, 0.4) is 0 Å². The van der Waals surface area contributed by atoms with Crippen molar-refractivity contribution in [3.05, 3.63) is 41.8 Å². The third-order valence-electron chi connectivity index (χ3n) is 2.32. The third-order valence-corrected chi connectivity index (χ3v) is 3.21. The number of benzene rings is 1. The molecule has 0 amide bonds. The SMILES string of the molecule is Oc1csc2ccc3ccccc3[n+]12. The number of aromatic nitrogens is 1. The van der Waals surface area contributed by atoms with Crippen LogP contribution in [0, 0.1) is 0 Å². The van der Waals surface area contributed by atoms with Crippen molar-refractivity contribution in [3.63, 3.8) is 0 Å². The van der Waals surface area contributed by atoms with Crippen molar-refractivity contribution in [2.75, 3.05) is 0 Å².